The fourth-order valence-electron chi connectivity index (χ4n) is 1.59. The van der Waals surface area contributed by atoms with Crippen molar-refractivity contribution in [1.82, 2.24) is 5.32 Å². The Balaban J connectivity index is 2.36. The summed E-state index contributed by atoms with van der Waals surface area (Å²) in [6, 6.07) is 7.48. The largest absolute Gasteiger partial charge is 0.491 e. The number of esters is 1. The Bertz CT molecular complexity index is 378. The number of nitrogens with one attached hydrogen (secondary N) is 1. The van der Waals surface area contributed by atoms with Crippen molar-refractivity contribution in [2.45, 2.75) is 18.9 Å². The summed E-state index contributed by atoms with van der Waals surface area (Å²) in [5.74, 6) is 0.493. The number of hydrogen-bond donors (Lipinski definition) is 2. The van der Waals surface area contributed by atoms with Gasteiger partial charge in [0.15, 0.2) is 0 Å². The molecule has 0 saturated carbocycles. The third kappa shape index (κ3) is 6.22. The molecule has 0 amide bonds. The Kier molecular flexibility index (Phi) is 6.92. The Morgan fingerprint density at radius 1 is 1.37 bits per heavy atom. The molecular weight excluding hydrogens is 246 g/mol. The Labute approximate surface area is 113 Å². The first-order valence-corrected chi connectivity index (χ1v) is 6.27. The van der Waals surface area contributed by atoms with Crippen molar-refractivity contribution in [2.24, 2.45) is 0 Å². The molecule has 0 saturated heterocycles. The molecule has 1 aromatic rings. The van der Waals surface area contributed by atoms with Gasteiger partial charge in [-0.3, -0.25) is 4.79 Å². The molecule has 0 heterocycles. The molecule has 1 unspecified atom stereocenters. The molecule has 19 heavy (non-hydrogen) atoms. The molecule has 1 aromatic carbocycles. The number of likely N-dealkylation sites (N-methyl/N-ethyl adjacent to an activating group) is 1. The van der Waals surface area contributed by atoms with Crippen LogP contribution < -0.4 is 10.1 Å². The summed E-state index contributed by atoms with van der Waals surface area (Å²) in [4.78, 5) is 11.0. The first-order chi connectivity index (χ1) is 9.15. The highest BCUT2D eigenvalue weighted by molar-refractivity contribution is 5.69. The zero-order chi connectivity index (χ0) is 14.1. The van der Waals surface area contributed by atoms with Gasteiger partial charge in [-0.05, 0) is 31.2 Å². The van der Waals surface area contributed by atoms with Crippen LogP contribution >= 0.6 is 0 Å². The van der Waals surface area contributed by atoms with Crippen molar-refractivity contribution in [3.8, 4) is 5.75 Å². The van der Waals surface area contributed by atoms with Crippen LogP contribution in [0.1, 0.15) is 12.0 Å². The Morgan fingerprint density at radius 2 is 2.05 bits per heavy atom. The molecule has 2 N–H and O–H groups in total. The van der Waals surface area contributed by atoms with Gasteiger partial charge < -0.3 is 19.9 Å². The second-order valence-corrected chi connectivity index (χ2v) is 4.24. The van der Waals surface area contributed by atoms with Crippen molar-refractivity contribution >= 4 is 5.97 Å². The molecular formula is C14H21NO4. The van der Waals surface area contributed by atoms with Crippen LogP contribution in [0.5, 0.6) is 5.75 Å². The highest BCUT2D eigenvalue weighted by Gasteiger charge is 2.04. The minimum absolute atomic E-state index is 0.212. The molecule has 5 heteroatoms. The lowest BCUT2D eigenvalue weighted by Gasteiger charge is -2.12. The first kappa shape index (κ1) is 15.5. The van der Waals surface area contributed by atoms with Gasteiger partial charge in [0, 0.05) is 13.0 Å². The van der Waals surface area contributed by atoms with Crippen LogP contribution in [0.4, 0.5) is 0 Å². The Hall–Kier alpha value is -1.59. The molecule has 106 valence electrons. The summed E-state index contributed by atoms with van der Waals surface area (Å²) >= 11 is 0. The lowest BCUT2D eigenvalue weighted by Crippen LogP contribution is -2.29. The van der Waals surface area contributed by atoms with Gasteiger partial charge in [-0.25, -0.2) is 0 Å². The molecule has 0 aliphatic heterocycles. The highest BCUT2D eigenvalue weighted by Crippen LogP contribution is 2.13. The van der Waals surface area contributed by atoms with Gasteiger partial charge in [-0.15, -0.1) is 0 Å². The van der Waals surface area contributed by atoms with E-state index in [-0.39, 0.29) is 12.6 Å². The summed E-state index contributed by atoms with van der Waals surface area (Å²) in [6.07, 6.45) is 0.497. The minimum atomic E-state index is -0.524. The third-order valence-corrected chi connectivity index (χ3v) is 2.65. The van der Waals surface area contributed by atoms with Crippen LogP contribution in [0.2, 0.25) is 0 Å². The predicted molar refractivity (Wildman–Crippen MR) is 72.2 cm³/mol. The van der Waals surface area contributed by atoms with E-state index in [4.69, 9.17) is 4.74 Å². The lowest BCUT2D eigenvalue weighted by atomic mass is 10.1. The smallest absolute Gasteiger partial charge is 0.305 e. The molecule has 0 aliphatic carbocycles. The second kappa shape index (κ2) is 8.50. The van der Waals surface area contributed by atoms with Crippen LogP contribution in [0.25, 0.3) is 0 Å². The van der Waals surface area contributed by atoms with Gasteiger partial charge in [0.05, 0.1) is 7.11 Å². The van der Waals surface area contributed by atoms with E-state index in [9.17, 15) is 9.90 Å². The van der Waals surface area contributed by atoms with Crippen molar-refractivity contribution in [3.63, 3.8) is 0 Å². The maximum absolute atomic E-state index is 11.0. The maximum atomic E-state index is 11.0. The van der Waals surface area contributed by atoms with Gasteiger partial charge in [0.1, 0.15) is 18.5 Å². The van der Waals surface area contributed by atoms with Crippen LogP contribution in [0.3, 0.4) is 0 Å². The average Bonchev–Trinajstić information content (AvgIpc) is 2.44. The van der Waals surface area contributed by atoms with E-state index in [1.807, 2.05) is 24.3 Å². The molecule has 0 bridgehead atoms. The topological polar surface area (TPSA) is 67.8 Å². The van der Waals surface area contributed by atoms with Crippen molar-refractivity contribution < 1.29 is 19.4 Å². The van der Waals surface area contributed by atoms with Gasteiger partial charge in [0.2, 0.25) is 0 Å². The van der Waals surface area contributed by atoms with E-state index >= 15 is 0 Å². The van der Waals surface area contributed by atoms with Crippen molar-refractivity contribution in [3.05, 3.63) is 29.8 Å². The van der Waals surface area contributed by atoms with E-state index in [0.29, 0.717) is 25.1 Å². The summed E-state index contributed by atoms with van der Waals surface area (Å²) < 4.78 is 10.0. The maximum Gasteiger partial charge on any atom is 0.305 e. The van der Waals surface area contributed by atoms with Crippen LogP contribution in [0.15, 0.2) is 24.3 Å². The molecule has 1 atom stereocenters. The van der Waals surface area contributed by atoms with Gasteiger partial charge >= 0.3 is 5.97 Å². The van der Waals surface area contributed by atoms with E-state index < -0.39 is 6.10 Å². The second-order valence-electron chi connectivity index (χ2n) is 4.24. The van der Waals surface area contributed by atoms with Crippen LogP contribution in [0, 0.1) is 0 Å². The minimum Gasteiger partial charge on any atom is -0.491 e. The summed E-state index contributed by atoms with van der Waals surface area (Å²) in [5, 5.41) is 12.4. The standard InChI is InChI=1S/C14H21NO4/c1-15-9-12(16)10-19-13-6-3-11(4-7-13)5-8-14(17)18-2/h3-4,6-7,12,15-16H,5,8-10H2,1-2H3. The van der Waals surface area contributed by atoms with Crippen molar-refractivity contribution in [1.29, 1.82) is 0 Å². The number of aliphatic hydroxyl groups excluding tert-OH is 1. The van der Waals surface area contributed by atoms with Crippen LogP contribution in [-0.2, 0) is 16.0 Å². The number of methoxy groups -OCH3 is 1. The van der Waals surface area contributed by atoms with E-state index in [1.165, 1.54) is 7.11 Å². The monoisotopic (exact) mass is 267 g/mol. The van der Waals surface area contributed by atoms with Gasteiger partial charge in [0.25, 0.3) is 0 Å². The summed E-state index contributed by atoms with van der Waals surface area (Å²) in [6.45, 7) is 0.750. The van der Waals surface area contributed by atoms with Crippen LogP contribution in [-0.4, -0.2) is 44.5 Å². The Morgan fingerprint density at radius 3 is 2.63 bits per heavy atom. The van der Waals surface area contributed by atoms with E-state index in [1.54, 1.807) is 7.05 Å². The van der Waals surface area contributed by atoms with E-state index in [2.05, 4.69) is 10.1 Å². The third-order valence-electron chi connectivity index (χ3n) is 2.65. The average molecular weight is 267 g/mol. The summed E-state index contributed by atoms with van der Waals surface area (Å²) in [5.41, 5.74) is 1.05. The first-order valence-electron chi connectivity index (χ1n) is 6.27. The molecule has 0 fully saturated rings. The van der Waals surface area contributed by atoms with Gasteiger partial charge in [-0.1, -0.05) is 12.1 Å². The van der Waals surface area contributed by atoms with Gasteiger partial charge in [-0.2, -0.15) is 0 Å². The fourth-order valence-corrected chi connectivity index (χ4v) is 1.59. The van der Waals surface area contributed by atoms with Crippen molar-refractivity contribution in [2.75, 3.05) is 27.3 Å². The quantitative estimate of drug-likeness (QED) is 0.680. The van der Waals surface area contributed by atoms with E-state index in [0.717, 1.165) is 5.56 Å². The SMILES string of the molecule is CNCC(O)COc1ccc(CCC(=O)OC)cc1. The molecule has 0 aliphatic rings. The number of benzene rings is 1. The molecule has 0 radical (unpaired) electrons. The normalized spacial score (nSPS) is 11.9. The summed E-state index contributed by atoms with van der Waals surface area (Å²) in [7, 11) is 3.16. The molecule has 0 aromatic heterocycles. The number of rotatable bonds is 8. The highest BCUT2D eigenvalue weighted by atomic mass is 16.5. The number of carbonyl (C=O) groups is 1. The number of ether oxygens (including phenoxy) is 2. The lowest BCUT2D eigenvalue weighted by molar-refractivity contribution is -0.140. The predicted octanol–water partition coefficient (Wildman–Crippen LogP) is 0.751. The number of hydrogen-bond acceptors (Lipinski definition) is 5. The molecule has 0 spiro atoms. The number of aryl methyl sites for hydroxylation is 1. The number of aliphatic hydroxyl groups is 1. The zero-order valence-corrected chi connectivity index (χ0v) is 11.4. The molecule has 1 rings (SSSR count). The molecule has 5 nitrogen and oxygen atoms in total. The fraction of sp³-hybridized carbons (Fsp3) is 0.500. The zero-order valence-electron chi connectivity index (χ0n) is 11.4. The number of carbonyl (C=O) groups excluding carboxylic acids is 1.